The molecule has 1 aliphatic heterocycles. The first-order valence-corrected chi connectivity index (χ1v) is 22.3. The molecule has 0 bridgehead atoms. The fourth-order valence-corrected chi connectivity index (χ4v) is 9.60. The first kappa shape index (κ1) is 41.5. The van der Waals surface area contributed by atoms with Crippen molar-refractivity contribution >= 4 is 50.1 Å². The Kier molecular flexibility index (Phi) is 12.2. The molecule has 13 heteroatoms. The first-order chi connectivity index (χ1) is 30.2. The maximum absolute atomic E-state index is 15.3. The summed E-state index contributed by atoms with van der Waals surface area (Å²) in [6.45, 7) is 14.6. The Morgan fingerprint density at radius 2 is 1.68 bits per heavy atom. The lowest BCUT2D eigenvalue weighted by Crippen LogP contribution is -2.38. The van der Waals surface area contributed by atoms with Crippen molar-refractivity contribution < 1.29 is 23.2 Å². The third-order valence-corrected chi connectivity index (χ3v) is 13.0. The number of carbonyl (C=O) groups excluding carboxylic acids is 1. The lowest BCUT2D eigenvalue weighted by atomic mass is 10.0. The van der Waals surface area contributed by atoms with Crippen LogP contribution in [0.25, 0.3) is 54.4 Å². The quantitative estimate of drug-likeness (QED) is 0.0733. The van der Waals surface area contributed by atoms with Gasteiger partial charge in [0, 0.05) is 77.9 Å². The highest BCUT2D eigenvalue weighted by atomic mass is 32.1. The Morgan fingerprint density at radius 1 is 0.855 bits per heavy atom. The zero-order valence-corrected chi connectivity index (χ0v) is 36.5. The number of benzene rings is 4. The summed E-state index contributed by atoms with van der Waals surface area (Å²) >= 11 is 1.78. The molecular formula is C49H52FN7O4S. The van der Waals surface area contributed by atoms with Crippen LogP contribution in [0.4, 0.5) is 4.39 Å². The summed E-state index contributed by atoms with van der Waals surface area (Å²) in [6, 6.07) is 26.8. The molecule has 320 valence electrons. The zero-order chi connectivity index (χ0) is 42.7. The highest BCUT2D eigenvalue weighted by molar-refractivity contribution is 7.13. The molecule has 1 fully saturated rings. The maximum atomic E-state index is 15.3. The Hall–Kier alpha value is -5.86. The Balaban J connectivity index is 0.790. The second-order valence-corrected chi connectivity index (χ2v) is 17.0. The molecule has 0 spiro atoms. The van der Waals surface area contributed by atoms with Crippen molar-refractivity contribution in [3.8, 4) is 27.3 Å². The van der Waals surface area contributed by atoms with Crippen molar-refractivity contribution in [2.45, 2.75) is 60.2 Å². The number of imidazole rings is 1. The maximum Gasteiger partial charge on any atom is 0.258 e. The molecule has 0 radical (unpaired) electrons. The van der Waals surface area contributed by atoms with Gasteiger partial charge in [-0.05, 0) is 116 Å². The summed E-state index contributed by atoms with van der Waals surface area (Å²) in [4.78, 5) is 21.5. The third kappa shape index (κ3) is 8.76. The van der Waals surface area contributed by atoms with Gasteiger partial charge in [0.2, 0.25) is 0 Å². The highest BCUT2D eigenvalue weighted by Crippen LogP contribution is 2.35. The highest BCUT2D eigenvalue weighted by Gasteiger charge is 2.19. The van der Waals surface area contributed by atoms with Crippen LogP contribution in [0.15, 0.2) is 88.8 Å². The topological polar surface area (TPSA) is 112 Å². The van der Waals surface area contributed by atoms with Crippen LogP contribution in [0.3, 0.4) is 0 Å². The van der Waals surface area contributed by atoms with Crippen LogP contribution in [-0.2, 0) is 42.0 Å². The van der Waals surface area contributed by atoms with Crippen LogP contribution in [0.1, 0.15) is 40.9 Å². The molecule has 4 aromatic carbocycles. The summed E-state index contributed by atoms with van der Waals surface area (Å²) in [5.41, 5.74) is 11.7. The van der Waals surface area contributed by atoms with Crippen LogP contribution in [-0.4, -0.2) is 76.2 Å². The van der Waals surface area contributed by atoms with E-state index in [1.807, 2.05) is 19.9 Å². The number of carbonyl (C=O) groups is 1. The number of rotatable bonds is 16. The van der Waals surface area contributed by atoms with Crippen molar-refractivity contribution in [3.63, 3.8) is 0 Å². The second-order valence-electron chi connectivity index (χ2n) is 16.1. The van der Waals surface area contributed by atoms with E-state index in [4.69, 9.17) is 19.0 Å². The number of nitrogens with zero attached hydrogens (tertiary/aromatic N) is 5. The van der Waals surface area contributed by atoms with Gasteiger partial charge in [-0.1, -0.05) is 35.5 Å². The zero-order valence-electron chi connectivity index (χ0n) is 35.7. The normalized spacial score (nSPS) is 13.5. The smallest absolute Gasteiger partial charge is 0.258 e. The van der Waals surface area contributed by atoms with Gasteiger partial charge in [-0.15, -0.1) is 11.3 Å². The van der Waals surface area contributed by atoms with Crippen LogP contribution >= 0.6 is 11.3 Å². The SMILES string of the molecule is CCn1c2ccc(CNCNC(=O)COc3ccc(CCc4nc5cc(-c6c(C)noc6C)ccc5n4CCN4CCOCC4)cc3F)cc2c2ccc(-c3cc(C)cs3)cc21. The molecule has 1 saturated heterocycles. The summed E-state index contributed by atoms with van der Waals surface area (Å²) < 4.78 is 36.6. The van der Waals surface area contributed by atoms with Crippen LogP contribution in [0.2, 0.25) is 0 Å². The molecule has 5 heterocycles. The van der Waals surface area contributed by atoms with Crippen LogP contribution < -0.4 is 15.4 Å². The summed E-state index contributed by atoms with van der Waals surface area (Å²) in [5, 5.41) is 14.9. The Bertz CT molecular complexity index is 2870. The molecule has 0 atom stereocenters. The number of aromatic nitrogens is 4. The first-order valence-electron chi connectivity index (χ1n) is 21.4. The number of thiophene rings is 1. The number of hydrogen-bond donors (Lipinski definition) is 2. The van der Waals surface area contributed by atoms with E-state index >= 15 is 4.39 Å². The van der Waals surface area contributed by atoms with Crippen molar-refractivity contribution in [3.05, 3.63) is 124 Å². The second kappa shape index (κ2) is 18.2. The van der Waals surface area contributed by atoms with E-state index < -0.39 is 5.82 Å². The van der Waals surface area contributed by atoms with E-state index in [1.165, 1.54) is 43.9 Å². The molecule has 9 rings (SSSR count). The number of hydrogen-bond acceptors (Lipinski definition) is 9. The molecule has 0 aliphatic carbocycles. The fraction of sp³-hybridized carbons (Fsp3) is 0.327. The van der Waals surface area contributed by atoms with Gasteiger partial charge in [-0.25, -0.2) is 9.37 Å². The van der Waals surface area contributed by atoms with Gasteiger partial charge in [0.1, 0.15) is 11.6 Å². The summed E-state index contributed by atoms with van der Waals surface area (Å²) in [5.74, 6) is 0.915. The van der Waals surface area contributed by atoms with Gasteiger partial charge in [0.15, 0.2) is 18.2 Å². The molecule has 4 aromatic heterocycles. The monoisotopic (exact) mass is 853 g/mol. The number of aryl methyl sites for hydroxylation is 6. The van der Waals surface area contributed by atoms with Gasteiger partial charge in [0.05, 0.1) is 36.6 Å². The van der Waals surface area contributed by atoms with Gasteiger partial charge in [-0.2, -0.15) is 0 Å². The number of amides is 1. The minimum Gasteiger partial charge on any atom is -0.481 e. The molecule has 0 unspecified atom stereocenters. The molecule has 1 amide bonds. The molecule has 2 N–H and O–H groups in total. The lowest BCUT2D eigenvalue weighted by molar-refractivity contribution is -0.123. The summed E-state index contributed by atoms with van der Waals surface area (Å²) in [6.07, 6.45) is 1.21. The lowest BCUT2D eigenvalue weighted by Gasteiger charge is -2.27. The number of halogens is 1. The van der Waals surface area contributed by atoms with Crippen molar-refractivity contribution in [2.24, 2.45) is 0 Å². The fourth-order valence-electron chi connectivity index (χ4n) is 8.71. The average molecular weight is 854 g/mol. The van der Waals surface area contributed by atoms with E-state index in [1.54, 1.807) is 17.4 Å². The predicted molar refractivity (Wildman–Crippen MR) is 244 cm³/mol. The van der Waals surface area contributed by atoms with Crippen molar-refractivity contribution in [1.29, 1.82) is 0 Å². The standard InChI is InChI=1S/C49H52FN7O4S/c1-5-56-42-12-6-35(23-39(42)38-11-9-36(26-44(38)56)46-22-31(2)29-62-46)27-51-30-52-48(58)28-60-45-14-7-34(24-40(45)50)8-15-47-53-41-25-37(49-32(3)54-61-33(49)4)10-13-43(41)57(47)17-16-55-18-20-59-21-19-55/h6-7,9-14,22-26,29,51H,5,8,15-21,27-28,30H2,1-4H3,(H,52,58). The molecule has 0 saturated carbocycles. The van der Waals surface area contributed by atoms with Crippen LogP contribution in [0, 0.1) is 26.6 Å². The van der Waals surface area contributed by atoms with E-state index in [9.17, 15) is 4.79 Å². The van der Waals surface area contributed by atoms with Crippen molar-refractivity contribution in [1.82, 2.24) is 34.8 Å². The van der Waals surface area contributed by atoms with Gasteiger partial charge in [-0.3, -0.25) is 15.0 Å². The van der Waals surface area contributed by atoms with E-state index in [0.29, 0.717) is 19.4 Å². The van der Waals surface area contributed by atoms with Crippen molar-refractivity contribution in [2.75, 3.05) is 46.1 Å². The molecular weight excluding hydrogens is 802 g/mol. The molecule has 62 heavy (non-hydrogen) atoms. The molecule has 8 aromatic rings. The molecule has 1 aliphatic rings. The number of fused-ring (bicyclic) bond motifs is 4. The van der Waals surface area contributed by atoms with E-state index in [-0.39, 0.29) is 24.9 Å². The largest absolute Gasteiger partial charge is 0.481 e. The number of ether oxygens (including phenoxy) is 2. The number of nitrogens with one attached hydrogen (secondary N) is 2. The Morgan fingerprint density at radius 3 is 2.45 bits per heavy atom. The van der Waals surface area contributed by atoms with E-state index in [0.717, 1.165) is 96.5 Å². The number of morpholine rings is 1. The third-order valence-electron chi connectivity index (χ3n) is 11.9. The van der Waals surface area contributed by atoms with Gasteiger partial charge >= 0.3 is 0 Å². The minimum atomic E-state index is -0.504. The minimum absolute atomic E-state index is 0.0404. The predicted octanol–water partition coefficient (Wildman–Crippen LogP) is 8.97. The molecule has 11 nitrogen and oxygen atoms in total. The average Bonchev–Trinajstić information content (AvgIpc) is 4.05. The van der Waals surface area contributed by atoms with Gasteiger partial charge in [0.25, 0.3) is 5.91 Å². The van der Waals surface area contributed by atoms with Crippen LogP contribution in [0.5, 0.6) is 5.75 Å². The Labute approximate surface area is 364 Å². The summed E-state index contributed by atoms with van der Waals surface area (Å²) in [7, 11) is 0. The van der Waals surface area contributed by atoms with E-state index in [2.05, 4.69) is 110 Å². The van der Waals surface area contributed by atoms with Gasteiger partial charge < -0.3 is 28.4 Å².